The maximum absolute atomic E-state index is 13.4. The average molecular weight is 480 g/mol. The number of H-pyrrole nitrogens is 1. The SMILES string of the molecule is CCC1CCCCN1S(=O)c1ccc2[nH]c(=O)cc(C(=O)NC(C)CCc3ccccc3)c2c1. The lowest BCUT2D eigenvalue weighted by Crippen LogP contribution is -2.40. The van der Waals surface area contributed by atoms with Gasteiger partial charge in [0, 0.05) is 35.6 Å². The Balaban J connectivity index is 1.56. The first kappa shape index (κ1) is 24.4. The highest BCUT2D eigenvalue weighted by Gasteiger charge is 2.27. The molecule has 3 atom stereocenters. The van der Waals surface area contributed by atoms with Crippen LogP contribution >= 0.6 is 0 Å². The molecule has 0 bridgehead atoms. The number of hydrogen-bond donors (Lipinski definition) is 2. The van der Waals surface area contributed by atoms with Crippen LogP contribution in [0.2, 0.25) is 0 Å². The van der Waals surface area contributed by atoms with Gasteiger partial charge in [-0.25, -0.2) is 8.51 Å². The minimum atomic E-state index is -1.31. The fourth-order valence-electron chi connectivity index (χ4n) is 4.67. The van der Waals surface area contributed by atoms with Gasteiger partial charge < -0.3 is 10.3 Å². The number of carbonyl (C=O) groups excluding carboxylic acids is 1. The molecule has 1 amide bonds. The van der Waals surface area contributed by atoms with E-state index in [9.17, 15) is 13.8 Å². The molecule has 7 heteroatoms. The number of nitrogens with zero attached hydrogens (tertiary/aromatic N) is 1. The highest BCUT2D eigenvalue weighted by molar-refractivity contribution is 7.82. The summed E-state index contributed by atoms with van der Waals surface area (Å²) >= 11 is 0. The molecule has 3 unspecified atom stereocenters. The molecule has 3 aromatic rings. The number of rotatable bonds is 8. The first-order valence-corrected chi connectivity index (χ1v) is 13.3. The largest absolute Gasteiger partial charge is 0.350 e. The van der Waals surface area contributed by atoms with Crippen LogP contribution in [0.1, 0.15) is 61.9 Å². The van der Waals surface area contributed by atoms with E-state index < -0.39 is 11.0 Å². The Morgan fingerprint density at radius 1 is 1.18 bits per heavy atom. The summed E-state index contributed by atoms with van der Waals surface area (Å²) in [7, 11) is -1.31. The van der Waals surface area contributed by atoms with Crippen molar-refractivity contribution in [1.82, 2.24) is 14.6 Å². The van der Waals surface area contributed by atoms with E-state index in [1.807, 2.05) is 25.1 Å². The molecule has 6 nitrogen and oxygen atoms in total. The van der Waals surface area contributed by atoms with E-state index in [1.54, 1.807) is 18.2 Å². The quantitative estimate of drug-likeness (QED) is 0.497. The van der Waals surface area contributed by atoms with Gasteiger partial charge in [0.05, 0.1) is 10.5 Å². The summed E-state index contributed by atoms with van der Waals surface area (Å²) < 4.78 is 15.5. The number of carbonyl (C=O) groups is 1. The second-order valence-electron chi connectivity index (χ2n) is 9.10. The molecule has 0 aliphatic carbocycles. The summed E-state index contributed by atoms with van der Waals surface area (Å²) in [5.41, 5.74) is 1.78. The number of aromatic amines is 1. The van der Waals surface area contributed by atoms with E-state index in [-0.39, 0.29) is 17.5 Å². The lowest BCUT2D eigenvalue weighted by molar-refractivity contribution is 0.0940. The third-order valence-corrected chi connectivity index (χ3v) is 8.17. The number of fused-ring (bicyclic) bond motifs is 1. The third kappa shape index (κ3) is 5.65. The van der Waals surface area contributed by atoms with Gasteiger partial charge in [-0.3, -0.25) is 9.59 Å². The van der Waals surface area contributed by atoms with Crippen LogP contribution in [-0.2, 0) is 17.4 Å². The summed E-state index contributed by atoms with van der Waals surface area (Å²) in [6.45, 7) is 4.91. The minimum absolute atomic E-state index is 0.0574. The normalized spacial score (nSPS) is 18.5. The number of amides is 1. The zero-order valence-corrected chi connectivity index (χ0v) is 20.7. The van der Waals surface area contributed by atoms with Crippen molar-refractivity contribution in [3.63, 3.8) is 0 Å². The summed E-state index contributed by atoms with van der Waals surface area (Å²) in [6.07, 6.45) is 5.86. The Labute approximate surface area is 203 Å². The Morgan fingerprint density at radius 3 is 2.74 bits per heavy atom. The van der Waals surface area contributed by atoms with Gasteiger partial charge in [0.25, 0.3) is 5.91 Å². The first-order valence-electron chi connectivity index (χ1n) is 12.2. The van der Waals surface area contributed by atoms with Crippen molar-refractivity contribution >= 4 is 27.8 Å². The van der Waals surface area contributed by atoms with E-state index in [4.69, 9.17) is 0 Å². The van der Waals surface area contributed by atoms with Crippen LogP contribution < -0.4 is 10.9 Å². The molecular formula is C27H33N3O3S. The van der Waals surface area contributed by atoms with Crippen LogP contribution in [-0.4, -0.2) is 38.0 Å². The molecule has 0 saturated carbocycles. The van der Waals surface area contributed by atoms with Crippen molar-refractivity contribution in [2.45, 2.75) is 69.4 Å². The predicted octanol–water partition coefficient (Wildman–Crippen LogP) is 4.57. The second-order valence-corrected chi connectivity index (χ2v) is 10.5. The zero-order chi connectivity index (χ0) is 24.1. The Morgan fingerprint density at radius 2 is 1.97 bits per heavy atom. The van der Waals surface area contributed by atoms with Gasteiger partial charge in [0.2, 0.25) is 5.56 Å². The van der Waals surface area contributed by atoms with Crippen LogP contribution in [0.3, 0.4) is 0 Å². The number of pyridine rings is 1. The molecule has 4 rings (SSSR count). The Hall–Kier alpha value is -2.77. The number of aromatic nitrogens is 1. The van der Waals surface area contributed by atoms with Crippen molar-refractivity contribution in [1.29, 1.82) is 0 Å². The molecule has 1 aromatic heterocycles. The van der Waals surface area contributed by atoms with Gasteiger partial charge in [-0.1, -0.05) is 43.7 Å². The van der Waals surface area contributed by atoms with Crippen molar-refractivity contribution < 1.29 is 9.00 Å². The zero-order valence-electron chi connectivity index (χ0n) is 19.9. The summed E-state index contributed by atoms with van der Waals surface area (Å²) in [4.78, 5) is 28.9. The van der Waals surface area contributed by atoms with Gasteiger partial charge >= 0.3 is 0 Å². The molecule has 0 spiro atoms. The highest BCUT2D eigenvalue weighted by Crippen LogP contribution is 2.26. The second kappa shape index (κ2) is 11.1. The van der Waals surface area contributed by atoms with Crippen LogP contribution in [0.15, 0.2) is 64.3 Å². The monoisotopic (exact) mass is 479 g/mol. The topological polar surface area (TPSA) is 82.3 Å². The molecule has 180 valence electrons. The van der Waals surface area contributed by atoms with Crippen LogP contribution in [0, 0.1) is 0 Å². The van der Waals surface area contributed by atoms with Crippen LogP contribution in [0.5, 0.6) is 0 Å². The van der Waals surface area contributed by atoms with Gasteiger partial charge in [0.1, 0.15) is 11.0 Å². The predicted molar refractivity (Wildman–Crippen MR) is 137 cm³/mol. The Kier molecular flexibility index (Phi) is 7.95. The van der Waals surface area contributed by atoms with E-state index in [0.29, 0.717) is 27.4 Å². The number of nitrogens with one attached hydrogen (secondary N) is 2. The van der Waals surface area contributed by atoms with Crippen molar-refractivity contribution in [2.24, 2.45) is 0 Å². The minimum Gasteiger partial charge on any atom is -0.350 e. The van der Waals surface area contributed by atoms with E-state index in [2.05, 4.69) is 33.7 Å². The lowest BCUT2D eigenvalue weighted by atomic mass is 10.0. The van der Waals surface area contributed by atoms with Crippen LogP contribution in [0.4, 0.5) is 0 Å². The van der Waals surface area contributed by atoms with Crippen LogP contribution in [0.25, 0.3) is 10.9 Å². The molecule has 2 aromatic carbocycles. The molecule has 1 aliphatic heterocycles. The summed E-state index contributed by atoms with van der Waals surface area (Å²) in [5.74, 6) is -0.288. The fourth-order valence-corrected chi connectivity index (χ4v) is 6.16. The molecule has 2 heterocycles. The summed E-state index contributed by atoms with van der Waals surface area (Å²) in [5, 5.41) is 3.65. The number of aryl methyl sites for hydroxylation is 1. The van der Waals surface area contributed by atoms with Gasteiger partial charge in [-0.05, 0) is 62.8 Å². The van der Waals surface area contributed by atoms with E-state index in [1.165, 1.54) is 11.6 Å². The third-order valence-electron chi connectivity index (χ3n) is 6.60. The number of hydrogen-bond acceptors (Lipinski definition) is 3. The smallest absolute Gasteiger partial charge is 0.252 e. The van der Waals surface area contributed by atoms with Crippen molar-refractivity contribution in [3.8, 4) is 0 Å². The number of benzene rings is 2. The maximum atomic E-state index is 13.4. The molecular weight excluding hydrogens is 446 g/mol. The van der Waals surface area contributed by atoms with Crippen molar-refractivity contribution in [2.75, 3.05) is 6.54 Å². The number of piperidine rings is 1. The van der Waals surface area contributed by atoms with Gasteiger partial charge in [-0.2, -0.15) is 0 Å². The summed E-state index contributed by atoms with van der Waals surface area (Å²) in [6, 6.07) is 17.1. The molecule has 1 aliphatic rings. The first-order chi connectivity index (χ1) is 16.5. The standard InChI is InChI=1S/C27H33N3O3S/c1-3-21-11-7-8-16-30(21)34(33)22-14-15-25-23(17-22)24(18-26(31)29-25)27(32)28-19(2)12-13-20-9-5-4-6-10-20/h4-6,9-10,14-15,17-19,21H,3,7-8,11-13,16H2,1-2H3,(H,28,32)(H,29,31). The fraction of sp³-hybridized carbons (Fsp3) is 0.407. The van der Waals surface area contributed by atoms with Gasteiger partial charge in [-0.15, -0.1) is 0 Å². The molecule has 2 N–H and O–H groups in total. The average Bonchev–Trinajstić information content (AvgIpc) is 2.86. The van der Waals surface area contributed by atoms with Gasteiger partial charge in [0.15, 0.2) is 0 Å². The highest BCUT2D eigenvalue weighted by atomic mass is 32.2. The molecule has 1 fully saturated rings. The molecule has 0 radical (unpaired) electrons. The molecule has 34 heavy (non-hydrogen) atoms. The van der Waals surface area contributed by atoms with E-state index in [0.717, 1.165) is 45.1 Å². The Bertz CT molecular complexity index is 1220. The van der Waals surface area contributed by atoms with Crippen molar-refractivity contribution in [3.05, 3.63) is 76.1 Å². The lowest BCUT2D eigenvalue weighted by Gasteiger charge is -2.33. The van der Waals surface area contributed by atoms with E-state index >= 15 is 0 Å². The molecule has 1 saturated heterocycles. The maximum Gasteiger partial charge on any atom is 0.252 e.